The van der Waals surface area contributed by atoms with E-state index in [1.165, 1.54) is 11.1 Å². The number of rotatable bonds is 2. The Hall–Kier alpha value is -1.42. The quantitative estimate of drug-likeness (QED) is 0.763. The molecule has 0 saturated carbocycles. The highest BCUT2D eigenvalue weighted by Gasteiger charge is 1.99. The number of hydrogen-bond donors (Lipinski definition) is 1. The minimum atomic E-state index is 0.744. The molecule has 2 aromatic heterocycles. The van der Waals surface area contributed by atoms with Gasteiger partial charge in [0.15, 0.2) is 4.77 Å². The normalized spacial score (nSPS) is 10.4. The van der Waals surface area contributed by atoms with E-state index in [0.717, 1.165) is 11.3 Å². The van der Waals surface area contributed by atoms with Crippen LogP contribution in [0.25, 0.3) is 0 Å². The van der Waals surface area contributed by atoms with Crippen LogP contribution in [0, 0.1) is 11.7 Å². The Morgan fingerprint density at radius 3 is 3.07 bits per heavy atom. The van der Waals surface area contributed by atoms with Gasteiger partial charge in [-0.3, -0.25) is 4.98 Å². The fourth-order valence-electron chi connectivity index (χ4n) is 1.32. The van der Waals surface area contributed by atoms with Gasteiger partial charge >= 0.3 is 0 Å². The molecule has 14 heavy (non-hydrogen) atoms. The lowest BCUT2D eigenvalue weighted by atomic mass is 10.2. The Balaban J connectivity index is 2.32. The minimum Gasteiger partial charge on any atom is -0.337 e. The van der Waals surface area contributed by atoms with Crippen LogP contribution in [0.3, 0.4) is 0 Å². The molecule has 2 heterocycles. The van der Waals surface area contributed by atoms with E-state index in [9.17, 15) is 0 Å². The van der Waals surface area contributed by atoms with Gasteiger partial charge in [-0.05, 0) is 36.3 Å². The first kappa shape index (κ1) is 9.15. The molecule has 4 heteroatoms. The SMILES string of the molecule is Cc1ccncc1Cn1cc[nH]c1=S. The van der Waals surface area contributed by atoms with Gasteiger partial charge in [0.05, 0.1) is 6.54 Å². The lowest BCUT2D eigenvalue weighted by molar-refractivity contribution is 0.775. The number of nitrogens with one attached hydrogen (secondary N) is 1. The summed E-state index contributed by atoms with van der Waals surface area (Å²) in [4.78, 5) is 7.06. The lowest BCUT2D eigenvalue weighted by Crippen LogP contribution is -2.00. The number of hydrogen-bond acceptors (Lipinski definition) is 2. The van der Waals surface area contributed by atoms with E-state index in [2.05, 4.69) is 16.9 Å². The van der Waals surface area contributed by atoms with Crippen LogP contribution in [0.5, 0.6) is 0 Å². The second kappa shape index (κ2) is 3.75. The van der Waals surface area contributed by atoms with Gasteiger partial charge in [-0.25, -0.2) is 0 Å². The van der Waals surface area contributed by atoms with E-state index in [-0.39, 0.29) is 0 Å². The topological polar surface area (TPSA) is 33.6 Å². The summed E-state index contributed by atoms with van der Waals surface area (Å²) in [6.45, 7) is 2.86. The molecule has 0 bridgehead atoms. The maximum absolute atomic E-state index is 5.11. The van der Waals surface area contributed by atoms with E-state index < -0.39 is 0 Å². The maximum atomic E-state index is 5.11. The molecule has 1 N–H and O–H groups in total. The summed E-state index contributed by atoms with van der Waals surface area (Å²) in [6, 6.07) is 2.01. The molecule has 72 valence electrons. The maximum Gasteiger partial charge on any atom is 0.177 e. The highest BCUT2D eigenvalue weighted by Crippen LogP contribution is 2.07. The largest absolute Gasteiger partial charge is 0.337 e. The van der Waals surface area contributed by atoms with Crippen molar-refractivity contribution in [3.63, 3.8) is 0 Å². The number of aryl methyl sites for hydroxylation is 1. The summed E-state index contributed by atoms with van der Waals surface area (Å²) in [5.41, 5.74) is 2.44. The van der Waals surface area contributed by atoms with Gasteiger partial charge in [0.25, 0.3) is 0 Å². The van der Waals surface area contributed by atoms with Gasteiger partial charge in [-0.2, -0.15) is 0 Å². The van der Waals surface area contributed by atoms with E-state index in [0.29, 0.717) is 0 Å². The Morgan fingerprint density at radius 1 is 1.57 bits per heavy atom. The highest BCUT2D eigenvalue weighted by atomic mass is 32.1. The van der Waals surface area contributed by atoms with Crippen molar-refractivity contribution in [1.29, 1.82) is 0 Å². The number of pyridine rings is 1. The number of aromatic nitrogens is 3. The second-order valence-electron chi connectivity index (χ2n) is 3.20. The van der Waals surface area contributed by atoms with Crippen LogP contribution in [0.4, 0.5) is 0 Å². The first-order valence-corrected chi connectivity index (χ1v) is 4.81. The van der Waals surface area contributed by atoms with Crippen LogP contribution < -0.4 is 0 Å². The van der Waals surface area contributed by atoms with Crippen LogP contribution in [0.1, 0.15) is 11.1 Å². The number of H-pyrrole nitrogens is 1. The monoisotopic (exact) mass is 205 g/mol. The van der Waals surface area contributed by atoms with E-state index in [1.807, 2.05) is 29.2 Å². The highest BCUT2D eigenvalue weighted by molar-refractivity contribution is 7.71. The van der Waals surface area contributed by atoms with E-state index >= 15 is 0 Å². The zero-order valence-electron chi connectivity index (χ0n) is 7.90. The summed E-state index contributed by atoms with van der Waals surface area (Å²) in [5, 5.41) is 0. The summed E-state index contributed by atoms with van der Waals surface area (Å²) >= 11 is 5.11. The smallest absolute Gasteiger partial charge is 0.177 e. The van der Waals surface area contributed by atoms with Gasteiger partial charge < -0.3 is 9.55 Å². The van der Waals surface area contributed by atoms with Crippen molar-refractivity contribution in [3.8, 4) is 0 Å². The first-order valence-electron chi connectivity index (χ1n) is 4.40. The number of aromatic amines is 1. The second-order valence-corrected chi connectivity index (χ2v) is 3.58. The summed E-state index contributed by atoms with van der Waals surface area (Å²) in [7, 11) is 0. The van der Waals surface area contributed by atoms with Crippen molar-refractivity contribution in [3.05, 3.63) is 46.8 Å². The van der Waals surface area contributed by atoms with Crippen LogP contribution in [0.2, 0.25) is 0 Å². The fourth-order valence-corrected chi connectivity index (χ4v) is 1.51. The molecule has 2 aromatic rings. The molecule has 0 unspecified atom stereocenters. The van der Waals surface area contributed by atoms with Gasteiger partial charge in [0.1, 0.15) is 0 Å². The third-order valence-electron chi connectivity index (χ3n) is 2.21. The fraction of sp³-hybridized carbons (Fsp3) is 0.200. The Kier molecular flexibility index (Phi) is 2.45. The predicted molar refractivity (Wildman–Crippen MR) is 57.7 cm³/mol. The van der Waals surface area contributed by atoms with Crippen molar-refractivity contribution in [2.45, 2.75) is 13.5 Å². The van der Waals surface area contributed by atoms with Crippen LogP contribution >= 0.6 is 12.2 Å². The molecule has 0 aliphatic heterocycles. The molecule has 0 saturated heterocycles. The zero-order valence-corrected chi connectivity index (χ0v) is 8.71. The average Bonchev–Trinajstić information content (AvgIpc) is 2.56. The summed E-state index contributed by atoms with van der Waals surface area (Å²) in [6.07, 6.45) is 7.46. The molecule has 0 radical (unpaired) electrons. The van der Waals surface area contributed by atoms with Crippen molar-refractivity contribution in [2.24, 2.45) is 0 Å². The molecule has 0 spiro atoms. The Labute approximate surface area is 87.4 Å². The van der Waals surface area contributed by atoms with E-state index in [4.69, 9.17) is 12.2 Å². The van der Waals surface area contributed by atoms with Crippen LogP contribution in [-0.2, 0) is 6.54 Å². The Morgan fingerprint density at radius 2 is 2.43 bits per heavy atom. The first-order chi connectivity index (χ1) is 6.77. The molecular weight excluding hydrogens is 194 g/mol. The van der Waals surface area contributed by atoms with Crippen molar-refractivity contribution >= 4 is 12.2 Å². The van der Waals surface area contributed by atoms with Crippen LogP contribution in [-0.4, -0.2) is 14.5 Å². The molecular formula is C10H11N3S. The standard InChI is InChI=1S/C10H11N3S/c1-8-2-3-11-6-9(8)7-13-5-4-12-10(13)14/h2-6H,7H2,1H3,(H,12,14). The average molecular weight is 205 g/mol. The number of imidazole rings is 1. The van der Waals surface area contributed by atoms with Gasteiger partial charge in [0.2, 0.25) is 0 Å². The zero-order chi connectivity index (χ0) is 9.97. The van der Waals surface area contributed by atoms with Gasteiger partial charge in [-0.1, -0.05) is 0 Å². The molecule has 0 aliphatic carbocycles. The molecule has 0 fully saturated rings. The molecule has 0 aliphatic rings. The third-order valence-corrected chi connectivity index (χ3v) is 2.56. The Bertz CT molecular complexity index is 484. The molecule has 3 nitrogen and oxygen atoms in total. The molecule has 2 rings (SSSR count). The molecule has 0 amide bonds. The van der Waals surface area contributed by atoms with Crippen LogP contribution in [0.15, 0.2) is 30.9 Å². The summed E-state index contributed by atoms with van der Waals surface area (Å²) in [5.74, 6) is 0. The van der Waals surface area contributed by atoms with Gasteiger partial charge in [0, 0.05) is 24.8 Å². The summed E-state index contributed by atoms with van der Waals surface area (Å²) < 4.78 is 2.73. The third kappa shape index (κ3) is 1.75. The molecule has 0 aromatic carbocycles. The number of nitrogens with zero attached hydrogens (tertiary/aromatic N) is 2. The van der Waals surface area contributed by atoms with Crippen molar-refractivity contribution in [1.82, 2.24) is 14.5 Å². The molecule has 0 atom stereocenters. The van der Waals surface area contributed by atoms with E-state index in [1.54, 1.807) is 6.20 Å². The van der Waals surface area contributed by atoms with Crippen molar-refractivity contribution in [2.75, 3.05) is 0 Å². The minimum absolute atomic E-state index is 0.744. The van der Waals surface area contributed by atoms with Crippen molar-refractivity contribution < 1.29 is 0 Å². The lowest BCUT2D eigenvalue weighted by Gasteiger charge is -2.04. The van der Waals surface area contributed by atoms with Gasteiger partial charge in [-0.15, -0.1) is 0 Å². The predicted octanol–water partition coefficient (Wildman–Crippen LogP) is 2.30.